The van der Waals surface area contributed by atoms with Gasteiger partial charge in [0, 0.05) is 6.54 Å². The molecule has 2 atom stereocenters. The van der Waals surface area contributed by atoms with E-state index >= 15 is 0 Å². The number of aliphatic carboxylic acids is 1. The summed E-state index contributed by atoms with van der Waals surface area (Å²) in [6, 6.07) is 12.9. The van der Waals surface area contributed by atoms with Crippen molar-refractivity contribution in [3.63, 3.8) is 0 Å². The van der Waals surface area contributed by atoms with E-state index in [1.54, 1.807) is 6.26 Å². The second kappa shape index (κ2) is 6.20. The summed E-state index contributed by atoms with van der Waals surface area (Å²) < 4.78 is 5.28. The van der Waals surface area contributed by atoms with E-state index in [9.17, 15) is 9.90 Å². The van der Waals surface area contributed by atoms with Gasteiger partial charge in [0.15, 0.2) is 0 Å². The zero-order chi connectivity index (χ0) is 13.7. The number of nitrogens with one attached hydrogen (secondary N) is 1. The Hall–Kier alpha value is -2.07. The molecule has 1 unspecified atom stereocenters. The van der Waals surface area contributed by atoms with Gasteiger partial charge in [0.1, 0.15) is 5.76 Å². The molecule has 0 amide bonds. The summed E-state index contributed by atoms with van der Waals surface area (Å²) in [5.74, 6) is -0.582. The lowest BCUT2D eigenvalue weighted by atomic mass is 9.99. The lowest BCUT2D eigenvalue weighted by Gasteiger charge is -2.17. The van der Waals surface area contributed by atoms with Gasteiger partial charge in [0.25, 0.3) is 0 Å². The Morgan fingerprint density at radius 1 is 1.26 bits per heavy atom. The predicted octanol–water partition coefficient (Wildman–Crippen LogP) is 2.80. The highest BCUT2D eigenvalue weighted by molar-refractivity contribution is 5.76. The van der Waals surface area contributed by atoms with E-state index in [4.69, 9.17) is 4.42 Å². The summed E-state index contributed by atoms with van der Waals surface area (Å²) in [6.07, 6.45) is 1.61. The number of carboxylic acid groups (broad SMARTS) is 1. The van der Waals surface area contributed by atoms with Crippen LogP contribution in [0.15, 0.2) is 53.1 Å². The van der Waals surface area contributed by atoms with Crippen LogP contribution in [-0.2, 0) is 4.79 Å². The Morgan fingerprint density at radius 2 is 2.00 bits per heavy atom. The van der Waals surface area contributed by atoms with Crippen LogP contribution in [0.25, 0.3) is 0 Å². The lowest BCUT2D eigenvalue weighted by molar-refractivity contribution is -0.138. The van der Waals surface area contributed by atoms with Crippen molar-refractivity contribution >= 4 is 5.97 Å². The second-order valence-corrected chi connectivity index (χ2v) is 4.45. The molecule has 1 heterocycles. The molecule has 100 valence electrons. The van der Waals surface area contributed by atoms with Crippen molar-refractivity contribution < 1.29 is 14.3 Å². The van der Waals surface area contributed by atoms with Crippen LogP contribution in [0.1, 0.15) is 30.2 Å². The molecule has 0 saturated carbocycles. The molecular weight excluding hydrogens is 242 g/mol. The minimum Gasteiger partial charge on any atom is -0.481 e. The Balaban J connectivity index is 2.01. The maximum absolute atomic E-state index is 11.3. The molecular formula is C15H17NO3. The zero-order valence-electron chi connectivity index (χ0n) is 10.7. The first-order valence-corrected chi connectivity index (χ1v) is 6.23. The molecule has 0 aliphatic carbocycles. The molecule has 2 aromatic rings. The van der Waals surface area contributed by atoms with Gasteiger partial charge >= 0.3 is 5.97 Å². The van der Waals surface area contributed by atoms with Crippen LogP contribution in [0.2, 0.25) is 0 Å². The monoisotopic (exact) mass is 259 g/mol. The number of furan rings is 1. The van der Waals surface area contributed by atoms with Crippen molar-refractivity contribution in [1.29, 1.82) is 0 Å². The lowest BCUT2D eigenvalue weighted by Crippen LogP contribution is -2.28. The third kappa shape index (κ3) is 3.45. The van der Waals surface area contributed by atoms with Gasteiger partial charge in [-0.15, -0.1) is 0 Å². The van der Waals surface area contributed by atoms with Gasteiger partial charge < -0.3 is 14.8 Å². The topological polar surface area (TPSA) is 62.5 Å². The number of carbonyl (C=O) groups is 1. The summed E-state index contributed by atoms with van der Waals surface area (Å²) in [5, 5.41) is 12.5. The smallest absolute Gasteiger partial charge is 0.312 e. The van der Waals surface area contributed by atoms with Crippen molar-refractivity contribution in [2.45, 2.75) is 18.9 Å². The molecule has 0 saturated heterocycles. The average molecular weight is 259 g/mol. The minimum absolute atomic E-state index is 0.0134. The molecule has 0 spiro atoms. The Bertz CT molecular complexity index is 507. The fraction of sp³-hybridized carbons (Fsp3) is 0.267. The van der Waals surface area contributed by atoms with Crippen molar-refractivity contribution in [2.75, 3.05) is 6.54 Å². The van der Waals surface area contributed by atoms with Crippen LogP contribution in [0.5, 0.6) is 0 Å². The van der Waals surface area contributed by atoms with Crippen molar-refractivity contribution in [2.24, 2.45) is 0 Å². The van der Waals surface area contributed by atoms with Gasteiger partial charge in [-0.25, -0.2) is 0 Å². The Morgan fingerprint density at radius 3 is 2.58 bits per heavy atom. The first kappa shape index (κ1) is 13.4. The Kier molecular flexibility index (Phi) is 4.36. The van der Waals surface area contributed by atoms with E-state index in [1.165, 1.54) is 0 Å². The van der Waals surface area contributed by atoms with E-state index in [0.29, 0.717) is 6.54 Å². The van der Waals surface area contributed by atoms with Crippen LogP contribution in [-0.4, -0.2) is 17.6 Å². The minimum atomic E-state index is -0.828. The standard InChI is InChI=1S/C15H17NO3/c1-11(14-8-5-9-19-14)16-10-13(15(17)18)12-6-3-2-4-7-12/h2-9,11,13,16H,10H2,1H3,(H,17,18)/t11-,13?/m1/s1. The molecule has 2 N–H and O–H groups in total. The predicted molar refractivity (Wildman–Crippen MR) is 71.9 cm³/mol. The molecule has 0 aliphatic rings. The number of rotatable bonds is 6. The maximum atomic E-state index is 11.3. The van der Waals surface area contributed by atoms with Gasteiger partial charge in [-0.3, -0.25) is 4.79 Å². The Labute approximate surface area is 112 Å². The fourth-order valence-electron chi connectivity index (χ4n) is 1.97. The molecule has 1 aromatic carbocycles. The van der Waals surface area contributed by atoms with Crippen LogP contribution >= 0.6 is 0 Å². The molecule has 0 radical (unpaired) electrons. The highest BCUT2D eigenvalue weighted by Gasteiger charge is 2.20. The molecule has 1 aromatic heterocycles. The van der Waals surface area contributed by atoms with Gasteiger partial charge in [0.2, 0.25) is 0 Å². The molecule has 2 rings (SSSR count). The van der Waals surface area contributed by atoms with E-state index in [2.05, 4.69) is 5.32 Å². The quantitative estimate of drug-likeness (QED) is 0.837. The number of hydrogen-bond acceptors (Lipinski definition) is 3. The zero-order valence-corrected chi connectivity index (χ0v) is 10.7. The van der Waals surface area contributed by atoms with Gasteiger partial charge in [-0.1, -0.05) is 30.3 Å². The van der Waals surface area contributed by atoms with Crippen LogP contribution < -0.4 is 5.32 Å². The van der Waals surface area contributed by atoms with E-state index in [0.717, 1.165) is 11.3 Å². The van der Waals surface area contributed by atoms with Gasteiger partial charge in [0.05, 0.1) is 18.2 Å². The van der Waals surface area contributed by atoms with Crippen LogP contribution in [0.3, 0.4) is 0 Å². The van der Waals surface area contributed by atoms with E-state index in [-0.39, 0.29) is 6.04 Å². The molecule has 0 aliphatic heterocycles. The van der Waals surface area contributed by atoms with Gasteiger partial charge in [-0.05, 0) is 24.6 Å². The van der Waals surface area contributed by atoms with Crippen molar-refractivity contribution in [3.05, 3.63) is 60.1 Å². The maximum Gasteiger partial charge on any atom is 0.312 e. The first-order valence-electron chi connectivity index (χ1n) is 6.23. The summed E-state index contributed by atoms with van der Waals surface area (Å²) in [5.41, 5.74) is 0.800. The molecule has 0 bridgehead atoms. The van der Waals surface area contributed by atoms with E-state index in [1.807, 2.05) is 49.4 Å². The summed E-state index contributed by atoms with van der Waals surface area (Å²) in [6.45, 7) is 2.31. The van der Waals surface area contributed by atoms with E-state index < -0.39 is 11.9 Å². The molecule has 4 heteroatoms. The second-order valence-electron chi connectivity index (χ2n) is 4.45. The number of carboxylic acids is 1. The summed E-state index contributed by atoms with van der Waals surface area (Å²) in [7, 11) is 0. The highest BCUT2D eigenvalue weighted by Crippen LogP contribution is 2.18. The van der Waals surface area contributed by atoms with Crippen LogP contribution in [0, 0.1) is 0 Å². The SMILES string of the molecule is C[C@@H](NCC(C(=O)O)c1ccccc1)c1ccco1. The van der Waals surface area contributed by atoms with Crippen molar-refractivity contribution in [3.8, 4) is 0 Å². The normalized spacial score (nSPS) is 13.9. The highest BCUT2D eigenvalue weighted by atomic mass is 16.4. The largest absolute Gasteiger partial charge is 0.481 e. The fourth-order valence-corrected chi connectivity index (χ4v) is 1.97. The van der Waals surface area contributed by atoms with Crippen LogP contribution in [0.4, 0.5) is 0 Å². The number of hydrogen-bond donors (Lipinski definition) is 2. The first-order chi connectivity index (χ1) is 9.18. The average Bonchev–Trinajstić information content (AvgIpc) is 2.93. The van der Waals surface area contributed by atoms with Crippen molar-refractivity contribution in [1.82, 2.24) is 5.32 Å². The summed E-state index contributed by atoms with van der Waals surface area (Å²) in [4.78, 5) is 11.3. The molecule has 4 nitrogen and oxygen atoms in total. The van der Waals surface area contributed by atoms with Gasteiger partial charge in [-0.2, -0.15) is 0 Å². The third-order valence-corrected chi connectivity index (χ3v) is 3.10. The third-order valence-electron chi connectivity index (χ3n) is 3.10. The summed E-state index contributed by atoms with van der Waals surface area (Å²) >= 11 is 0. The number of benzene rings is 1. The molecule has 19 heavy (non-hydrogen) atoms. The molecule has 0 fully saturated rings.